The highest BCUT2D eigenvalue weighted by Crippen LogP contribution is 2.16. The summed E-state index contributed by atoms with van der Waals surface area (Å²) in [4.78, 5) is 26.9. The topological polar surface area (TPSA) is 56.0 Å². The summed E-state index contributed by atoms with van der Waals surface area (Å²) in [6.07, 6.45) is 0.487. The van der Waals surface area contributed by atoms with E-state index >= 15 is 0 Å². The third-order valence-electron chi connectivity index (χ3n) is 5.37. The van der Waals surface area contributed by atoms with Crippen LogP contribution in [0.25, 0.3) is 0 Å². The van der Waals surface area contributed by atoms with E-state index in [0.29, 0.717) is 24.3 Å². The van der Waals surface area contributed by atoms with Crippen LogP contribution in [0.2, 0.25) is 0 Å². The predicted molar refractivity (Wildman–Crippen MR) is 125 cm³/mol. The molecular formula is C26H25N3O2. The van der Waals surface area contributed by atoms with Crippen LogP contribution in [0, 0.1) is 0 Å². The van der Waals surface area contributed by atoms with Crippen LogP contribution in [0.1, 0.15) is 22.4 Å². The van der Waals surface area contributed by atoms with Gasteiger partial charge < -0.3 is 5.32 Å². The first-order chi connectivity index (χ1) is 15.2. The van der Waals surface area contributed by atoms with Gasteiger partial charge in [0.15, 0.2) is 0 Å². The van der Waals surface area contributed by atoms with Crippen LogP contribution < -0.4 is 16.6 Å². The molecule has 1 aromatic heterocycles. The van der Waals surface area contributed by atoms with E-state index in [2.05, 4.69) is 5.32 Å². The summed E-state index contributed by atoms with van der Waals surface area (Å²) in [6, 6.07) is 29.3. The van der Waals surface area contributed by atoms with E-state index in [0.717, 1.165) is 16.7 Å². The van der Waals surface area contributed by atoms with Crippen LogP contribution in [0.4, 0.5) is 5.69 Å². The van der Waals surface area contributed by atoms with Crippen LogP contribution in [0.15, 0.2) is 101 Å². The highest BCUT2D eigenvalue weighted by molar-refractivity contribution is 5.48. The molecule has 0 aliphatic carbocycles. The monoisotopic (exact) mass is 411 g/mol. The van der Waals surface area contributed by atoms with Crippen molar-refractivity contribution in [2.24, 2.45) is 0 Å². The molecule has 0 unspecified atom stereocenters. The molecular weight excluding hydrogens is 386 g/mol. The number of hydrogen-bond donors (Lipinski definition) is 1. The minimum atomic E-state index is -0.303. The number of aromatic nitrogens is 2. The van der Waals surface area contributed by atoms with Crippen molar-refractivity contribution in [3.05, 3.63) is 134 Å². The second kappa shape index (κ2) is 9.30. The summed E-state index contributed by atoms with van der Waals surface area (Å²) in [7, 11) is 1.73. The summed E-state index contributed by atoms with van der Waals surface area (Å²) in [5.74, 6) is 0. The highest BCUT2D eigenvalue weighted by atomic mass is 16.2. The molecule has 5 nitrogen and oxygen atoms in total. The van der Waals surface area contributed by atoms with Gasteiger partial charge in [-0.2, -0.15) is 0 Å². The third-order valence-corrected chi connectivity index (χ3v) is 5.37. The second-order valence-electron chi connectivity index (χ2n) is 7.47. The minimum absolute atomic E-state index is 0.230. The van der Waals surface area contributed by atoms with Gasteiger partial charge in [0.25, 0.3) is 5.56 Å². The number of benzene rings is 3. The quantitative estimate of drug-likeness (QED) is 0.504. The van der Waals surface area contributed by atoms with Gasteiger partial charge in [-0.15, -0.1) is 0 Å². The van der Waals surface area contributed by atoms with Gasteiger partial charge in [-0.1, -0.05) is 91.0 Å². The SMILES string of the molecule is CNc1c(Cc2ccccc2)n(Cc2ccccc2)c(=O)n(Cc2ccccc2)c1=O. The normalized spacial score (nSPS) is 10.7. The van der Waals surface area contributed by atoms with Crippen LogP contribution >= 0.6 is 0 Å². The van der Waals surface area contributed by atoms with Crippen LogP contribution in [0.3, 0.4) is 0 Å². The lowest BCUT2D eigenvalue weighted by molar-refractivity contribution is 0.594. The van der Waals surface area contributed by atoms with E-state index in [9.17, 15) is 9.59 Å². The number of rotatable bonds is 7. The Bertz CT molecular complexity index is 1260. The van der Waals surface area contributed by atoms with Crippen LogP contribution in [-0.2, 0) is 19.5 Å². The van der Waals surface area contributed by atoms with E-state index in [4.69, 9.17) is 0 Å². The van der Waals surface area contributed by atoms with Crippen molar-refractivity contribution in [3.8, 4) is 0 Å². The van der Waals surface area contributed by atoms with Crippen molar-refractivity contribution in [2.45, 2.75) is 19.5 Å². The van der Waals surface area contributed by atoms with Gasteiger partial charge in [-0.05, 0) is 16.7 Å². The van der Waals surface area contributed by atoms with Gasteiger partial charge in [-0.3, -0.25) is 13.9 Å². The Morgan fingerprint density at radius 2 is 1.10 bits per heavy atom. The van der Waals surface area contributed by atoms with Crippen molar-refractivity contribution in [1.82, 2.24) is 9.13 Å². The number of anilines is 1. The molecule has 31 heavy (non-hydrogen) atoms. The highest BCUT2D eigenvalue weighted by Gasteiger charge is 2.19. The maximum Gasteiger partial charge on any atom is 0.331 e. The van der Waals surface area contributed by atoms with Gasteiger partial charge >= 0.3 is 5.69 Å². The lowest BCUT2D eigenvalue weighted by Gasteiger charge is -2.20. The number of hydrogen-bond acceptors (Lipinski definition) is 3. The van der Waals surface area contributed by atoms with Gasteiger partial charge in [0, 0.05) is 13.5 Å². The predicted octanol–water partition coefficient (Wildman–Crippen LogP) is 3.74. The van der Waals surface area contributed by atoms with Gasteiger partial charge in [0.1, 0.15) is 5.69 Å². The lowest BCUT2D eigenvalue weighted by Crippen LogP contribution is -2.43. The summed E-state index contributed by atoms with van der Waals surface area (Å²) in [5, 5.41) is 3.07. The molecule has 0 saturated heterocycles. The summed E-state index contributed by atoms with van der Waals surface area (Å²) in [6.45, 7) is 0.624. The molecule has 4 rings (SSSR count). The fourth-order valence-corrected chi connectivity index (χ4v) is 3.80. The van der Waals surface area contributed by atoms with Crippen molar-refractivity contribution < 1.29 is 0 Å². The first-order valence-electron chi connectivity index (χ1n) is 10.3. The second-order valence-corrected chi connectivity index (χ2v) is 7.47. The molecule has 5 heteroatoms. The standard InChI is InChI=1S/C26H25N3O2/c1-27-24-23(17-20-11-5-2-6-12-20)28(18-21-13-7-3-8-14-21)26(31)29(25(24)30)19-22-15-9-4-10-16-22/h2-16,27H,17-19H2,1H3. The van der Waals surface area contributed by atoms with E-state index in [1.54, 1.807) is 11.6 Å². The molecule has 0 atom stereocenters. The molecule has 1 N–H and O–H groups in total. The fraction of sp³-hybridized carbons (Fsp3) is 0.154. The first-order valence-corrected chi connectivity index (χ1v) is 10.3. The molecule has 0 aliphatic heterocycles. The maximum atomic E-state index is 13.6. The zero-order chi connectivity index (χ0) is 21.6. The minimum Gasteiger partial charge on any atom is -0.382 e. The molecule has 0 spiro atoms. The van der Waals surface area contributed by atoms with E-state index < -0.39 is 0 Å². The Balaban J connectivity index is 1.90. The third kappa shape index (κ3) is 4.51. The van der Waals surface area contributed by atoms with E-state index in [-0.39, 0.29) is 17.8 Å². The Morgan fingerprint density at radius 1 is 0.645 bits per heavy atom. The molecule has 0 bridgehead atoms. The average molecular weight is 412 g/mol. The molecule has 3 aromatic carbocycles. The zero-order valence-corrected chi connectivity index (χ0v) is 17.5. The van der Waals surface area contributed by atoms with Crippen LogP contribution in [0.5, 0.6) is 0 Å². The number of nitrogens with one attached hydrogen (secondary N) is 1. The first kappa shape index (κ1) is 20.4. The zero-order valence-electron chi connectivity index (χ0n) is 17.5. The largest absolute Gasteiger partial charge is 0.382 e. The molecule has 0 saturated carbocycles. The van der Waals surface area contributed by atoms with Gasteiger partial charge in [0.05, 0.1) is 18.8 Å². The van der Waals surface area contributed by atoms with Crippen molar-refractivity contribution in [3.63, 3.8) is 0 Å². The smallest absolute Gasteiger partial charge is 0.331 e. The van der Waals surface area contributed by atoms with Crippen LogP contribution in [-0.4, -0.2) is 16.2 Å². The van der Waals surface area contributed by atoms with E-state index in [1.165, 1.54) is 4.57 Å². The number of nitrogens with zero attached hydrogens (tertiary/aromatic N) is 2. The van der Waals surface area contributed by atoms with Crippen molar-refractivity contribution in [1.29, 1.82) is 0 Å². The fourth-order valence-electron chi connectivity index (χ4n) is 3.80. The summed E-state index contributed by atoms with van der Waals surface area (Å²) < 4.78 is 3.04. The lowest BCUT2D eigenvalue weighted by atomic mass is 10.1. The molecule has 0 radical (unpaired) electrons. The summed E-state index contributed by atoms with van der Waals surface area (Å²) in [5.41, 5.74) is 3.50. The molecule has 0 fully saturated rings. The molecule has 1 heterocycles. The van der Waals surface area contributed by atoms with Crippen molar-refractivity contribution >= 4 is 5.69 Å². The van der Waals surface area contributed by atoms with E-state index in [1.807, 2.05) is 91.0 Å². The molecule has 156 valence electrons. The Hall–Kier alpha value is -3.86. The van der Waals surface area contributed by atoms with Gasteiger partial charge in [0.2, 0.25) is 0 Å². The molecule has 0 aliphatic rings. The maximum absolute atomic E-state index is 13.6. The molecule has 4 aromatic rings. The summed E-state index contributed by atoms with van der Waals surface area (Å²) >= 11 is 0. The Morgan fingerprint density at radius 3 is 1.58 bits per heavy atom. The van der Waals surface area contributed by atoms with Gasteiger partial charge in [-0.25, -0.2) is 4.79 Å². The van der Waals surface area contributed by atoms with Crippen molar-refractivity contribution in [2.75, 3.05) is 12.4 Å². The average Bonchev–Trinajstić information content (AvgIpc) is 2.81. The Labute approximate surface area is 181 Å². The Kier molecular flexibility index (Phi) is 6.13. The molecule has 0 amide bonds.